The third kappa shape index (κ3) is 12.3. The van der Waals surface area contributed by atoms with Crippen LogP contribution in [0.25, 0.3) is 0 Å². The Morgan fingerprint density at radius 1 is 0.500 bits per heavy atom. The first kappa shape index (κ1) is 24.0. The molecule has 2 heteroatoms. The van der Waals surface area contributed by atoms with Gasteiger partial charge in [-0.05, 0) is 25.7 Å². The van der Waals surface area contributed by atoms with Gasteiger partial charge in [0.2, 0.25) is 0 Å². The van der Waals surface area contributed by atoms with Crippen LogP contribution in [0.4, 0.5) is 0 Å². The van der Waals surface area contributed by atoms with Crippen molar-refractivity contribution in [1.82, 2.24) is 0 Å². The van der Waals surface area contributed by atoms with E-state index in [1.165, 1.54) is 109 Å². The van der Waals surface area contributed by atoms with Crippen molar-refractivity contribution in [2.75, 3.05) is 13.2 Å². The summed E-state index contributed by atoms with van der Waals surface area (Å²) >= 11 is 0. The monoisotopic (exact) mass is 368 g/mol. The molecule has 0 bridgehead atoms. The Morgan fingerprint density at radius 3 is 1.31 bits per heavy atom. The molecular weight excluding hydrogens is 320 g/mol. The molecule has 1 aliphatic carbocycles. The summed E-state index contributed by atoms with van der Waals surface area (Å²) in [6.07, 6.45) is 25.0. The van der Waals surface area contributed by atoms with Crippen molar-refractivity contribution in [2.24, 2.45) is 0 Å². The van der Waals surface area contributed by atoms with E-state index in [2.05, 4.69) is 13.8 Å². The minimum absolute atomic E-state index is 0.233. The quantitative estimate of drug-likeness (QED) is 0.179. The van der Waals surface area contributed by atoms with Crippen molar-refractivity contribution in [3.63, 3.8) is 0 Å². The normalized spacial score (nSPS) is 16.8. The van der Waals surface area contributed by atoms with Gasteiger partial charge in [-0.2, -0.15) is 0 Å². The lowest BCUT2D eigenvalue weighted by molar-refractivity contribution is -0.253. The maximum absolute atomic E-state index is 6.34. The van der Waals surface area contributed by atoms with Crippen LogP contribution in [0.1, 0.15) is 136 Å². The van der Waals surface area contributed by atoms with Crippen LogP contribution < -0.4 is 0 Å². The maximum Gasteiger partial charge on any atom is 0.168 e. The molecule has 26 heavy (non-hydrogen) atoms. The van der Waals surface area contributed by atoms with E-state index in [1.54, 1.807) is 0 Å². The SMILES string of the molecule is CCCCCCCCCOC1(OCCCCCCCCC)CCCCC1. The Kier molecular flexibility index (Phi) is 15.7. The van der Waals surface area contributed by atoms with Crippen molar-refractivity contribution in [1.29, 1.82) is 0 Å². The molecule has 0 atom stereocenters. The molecule has 0 heterocycles. The van der Waals surface area contributed by atoms with Crippen LogP contribution >= 0.6 is 0 Å². The summed E-state index contributed by atoms with van der Waals surface area (Å²) < 4.78 is 12.7. The van der Waals surface area contributed by atoms with E-state index >= 15 is 0 Å². The Morgan fingerprint density at radius 2 is 0.885 bits per heavy atom. The van der Waals surface area contributed by atoms with Gasteiger partial charge in [-0.1, -0.05) is 97.3 Å². The largest absolute Gasteiger partial charge is 0.350 e. The fraction of sp³-hybridized carbons (Fsp3) is 1.00. The van der Waals surface area contributed by atoms with Crippen LogP contribution in [0, 0.1) is 0 Å². The van der Waals surface area contributed by atoms with Crippen molar-refractivity contribution >= 4 is 0 Å². The van der Waals surface area contributed by atoms with Gasteiger partial charge >= 0.3 is 0 Å². The second-order valence-corrected chi connectivity index (χ2v) is 8.41. The minimum atomic E-state index is -0.233. The fourth-order valence-corrected chi connectivity index (χ4v) is 4.06. The molecule has 2 nitrogen and oxygen atoms in total. The van der Waals surface area contributed by atoms with Crippen LogP contribution in [-0.4, -0.2) is 19.0 Å². The Balaban J connectivity index is 2.09. The number of unbranched alkanes of at least 4 members (excludes halogenated alkanes) is 12. The van der Waals surface area contributed by atoms with Crippen LogP contribution in [-0.2, 0) is 9.47 Å². The molecule has 156 valence electrons. The predicted octanol–water partition coefficient (Wildman–Crippen LogP) is 8.18. The van der Waals surface area contributed by atoms with Crippen LogP contribution in [0.5, 0.6) is 0 Å². The number of rotatable bonds is 18. The number of hydrogen-bond acceptors (Lipinski definition) is 2. The molecule has 0 aromatic heterocycles. The average Bonchev–Trinajstić information content (AvgIpc) is 2.67. The van der Waals surface area contributed by atoms with Crippen molar-refractivity contribution in [3.8, 4) is 0 Å². The second kappa shape index (κ2) is 17.0. The number of ether oxygens (including phenoxy) is 2. The molecule has 0 aromatic carbocycles. The second-order valence-electron chi connectivity index (χ2n) is 8.41. The van der Waals surface area contributed by atoms with Gasteiger partial charge in [0, 0.05) is 12.8 Å². The Labute approximate surface area is 164 Å². The molecule has 0 radical (unpaired) electrons. The Bertz CT molecular complexity index is 262. The topological polar surface area (TPSA) is 18.5 Å². The van der Waals surface area contributed by atoms with Crippen molar-refractivity contribution in [3.05, 3.63) is 0 Å². The first-order valence-corrected chi connectivity index (χ1v) is 12.1. The zero-order valence-corrected chi connectivity index (χ0v) is 18.2. The first-order valence-electron chi connectivity index (χ1n) is 12.1. The third-order valence-corrected chi connectivity index (χ3v) is 5.84. The predicted molar refractivity (Wildman–Crippen MR) is 114 cm³/mol. The van der Waals surface area contributed by atoms with E-state index < -0.39 is 0 Å². The fourth-order valence-electron chi connectivity index (χ4n) is 4.06. The first-order chi connectivity index (χ1) is 12.8. The molecule has 1 saturated carbocycles. The van der Waals surface area contributed by atoms with Gasteiger partial charge in [0.25, 0.3) is 0 Å². The van der Waals surface area contributed by atoms with E-state index in [1.807, 2.05) is 0 Å². The Hall–Kier alpha value is -0.0800. The summed E-state index contributed by atoms with van der Waals surface area (Å²) in [7, 11) is 0. The third-order valence-electron chi connectivity index (χ3n) is 5.84. The van der Waals surface area contributed by atoms with Gasteiger partial charge < -0.3 is 9.47 Å². The molecule has 1 fully saturated rings. The van der Waals surface area contributed by atoms with Gasteiger partial charge in [0.15, 0.2) is 5.79 Å². The van der Waals surface area contributed by atoms with E-state index in [-0.39, 0.29) is 5.79 Å². The minimum Gasteiger partial charge on any atom is -0.350 e. The molecule has 0 amide bonds. The molecule has 0 unspecified atom stereocenters. The lowest BCUT2D eigenvalue weighted by Gasteiger charge is -2.37. The number of hydrogen-bond donors (Lipinski definition) is 0. The smallest absolute Gasteiger partial charge is 0.168 e. The van der Waals surface area contributed by atoms with Gasteiger partial charge in [0.05, 0.1) is 13.2 Å². The van der Waals surface area contributed by atoms with Crippen molar-refractivity contribution < 1.29 is 9.47 Å². The molecule has 1 aliphatic rings. The van der Waals surface area contributed by atoms with Crippen LogP contribution in [0.3, 0.4) is 0 Å². The van der Waals surface area contributed by atoms with Gasteiger partial charge in [-0.25, -0.2) is 0 Å². The maximum atomic E-state index is 6.34. The highest BCUT2D eigenvalue weighted by molar-refractivity contribution is 4.75. The van der Waals surface area contributed by atoms with E-state index in [4.69, 9.17) is 9.47 Å². The summed E-state index contributed by atoms with van der Waals surface area (Å²) in [5, 5.41) is 0. The summed E-state index contributed by atoms with van der Waals surface area (Å²) in [6, 6.07) is 0. The van der Waals surface area contributed by atoms with E-state index in [0.717, 1.165) is 26.1 Å². The molecule has 0 aromatic rings. The molecule has 0 aliphatic heterocycles. The van der Waals surface area contributed by atoms with Crippen LogP contribution in [0.2, 0.25) is 0 Å². The average molecular weight is 369 g/mol. The molecule has 0 spiro atoms. The summed E-state index contributed by atoms with van der Waals surface area (Å²) in [5.74, 6) is -0.233. The van der Waals surface area contributed by atoms with Crippen LogP contribution in [0.15, 0.2) is 0 Å². The lowest BCUT2D eigenvalue weighted by atomic mass is 9.94. The van der Waals surface area contributed by atoms with Gasteiger partial charge in [-0.15, -0.1) is 0 Å². The highest BCUT2D eigenvalue weighted by Crippen LogP contribution is 2.33. The van der Waals surface area contributed by atoms with Crippen molar-refractivity contribution in [2.45, 2.75) is 142 Å². The van der Waals surface area contributed by atoms with E-state index in [0.29, 0.717) is 0 Å². The molecule has 0 N–H and O–H groups in total. The van der Waals surface area contributed by atoms with Gasteiger partial charge in [-0.3, -0.25) is 0 Å². The molecule has 1 rings (SSSR count). The highest BCUT2D eigenvalue weighted by Gasteiger charge is 2.33. The summed E-state index contributed by atoms with van der Waals surface area (Å²) in [6.45, 7) is 6.35. The molecule has 0 saturated heterocycles. The zero-order valence-electron chi connectivity index (χ0n) is 18.2. The standard InChI is InChI=1S/C24H48O2/c1-3-5-7-9-11-13-18-22-25-24(20-16-15-17-21-24)26-23-19-14-12-10-8-6-4-2/h3-23H2,1-2H3. The van der Waals surface area contributed by atoms with E-state index in [9.17, 15) is 0 Å². The molecular formula is C24H48O2. The zero-order chi connectivity index (χ0) is 18.8. The van der Waals surface area contributed by atoms with Gasteiger partial charge in [0.1, 0.15) is 0 Å². The lowest BCUT2D eigenvalue weighted by Crippen LogP contribution is -2.38. The summed E-state index contributed by atoms with van der Waals surface area (Å²) in [5.41, 5.74) is 0. The highest BCUT2D eigenvalue weighted by atomic mass is 16.7. The summed E-state index contributed by atoms with van der Waals surface area (Å²) in [4.78, 5) is 0.